The molecule has 0 saturated heterocycles. The summed E-state index contributed by atoms with van der Waals surface area (Å²) in [7, 11) is 1.62. The quantitative estimate of drug-likeness (QED) is 0.540. The van der Waals surface area contributed by atoms with E-state index in [1.165, 1.54) is 9.13 Å². The number of amides is 1. The molecule has 0 fully saturated rings. The van der Waals surface area contributed by atoms with Gasteiger partial charge in [0, 0.05) is 36.2 Å². The summed E-state index contributed by atoms with van der Waals surface area (Å²) in [5.74, 6) is 0.0550. The number of hydrogen-bond donors (Lipinski definition) is 2. The Bertz CT molecular complexity index is 382. The fourth-order valence-electron chi connectivity index (χ4n) is 1.65. The number of ether oxygens (including phenoxy) is 1. The summed E-state index contributed by atoms with van der Waals surface area (Å²) in [5, 5.41) is 6.14. The minimum Gasteiger partial charge on any atom is -0.383 e. The van der Waals surface area contributed by atoms with Crippen LogP contribution in [0.3, 0.4) is 0 Å². The molecule has 0 heterocycles. The van der Waals surface area contributed by atoms with Gasteiger partial charge in [-0.1, -0.05) is 12.1 Å². The van der Waals surface area contributed by atoms with Gasteiger partial charge in [-0.25, -0.2) is 0 Å². The van der Waals surface area contributed by atoms with Gasteiger partial charge < -0.3 is 15.4 Å². The van der Waals surface area contributed by atoms with Gasteiger partial charge in [0.2, 0.25) is 5.91 Å². The molecular formula is C14H21IN2O2. The fourth-order valence-corrected chi connectivity index (χ4v) is 2.01. The van der Waals surface area contributed by atoms with Crippen molar-refractivity contribution in [3.8, 4) is 0 Å². The molecule has 1 unspecified atom stereocenters. The largest absolute Gasteiger partial charge is 0.383 e. The lowest BCUT2D eigenvalue weighted by molar-refractivity contribution is -0.121. The van der Waals surface area contributed by atoms with Crippen molar-refractivity contribution >= 4 is 28.5 Å². The average molecular weight is 376 g/mol. The summed E-state index contributed by atoms with van der Waals surface area (Å²) < 4.78 is 6.10. The molecule has 0 aliphatic rings. The van der Waals surface area contributed by atoms with Crippen molar-refractivity contribution in [2.75, 3.05) is 26.8 Å². The second kappa shape index (κ2) is 9.28. The van der Waals surface area contributed by atoms with E-state index < -0.39 is 0 Å². The molecule has 0 saturated carbocycles. The number of carbonyl (C=O) groups is 1. The van der Waals surface area contributed by atoms with Gasteiger partial charge in [-0.2, -0.15) is 0 Å². The third kappa shape index (κ3) is 6.89. The van der Waals surface area contributed by atoms with Crippen LogP contribution in [0.1, 0.15) is 24.9 Å². The van der Waals surface area contributed by atoms with E-state index in [0.717, 1.165) is 0 Å². The van der Waals surface area contributed by atoms with Gasteiger partial charge in [-0.15, -0.1) is 0 Å². The second-order valence-electron chi connectivity index (χ2n) is 4.32. The molecule has 106 valence electrons. The number of benzene rings is 1. The van der Waals surface area contributed by atoms with E-state index in [0.29, 0.717) is 26.1 Å². The first kappa shape index (κ1) is 16.4. The molecule has 1 amide bonds. The molecule has 19 heavy (non-hydrogen) atoms. The highest BCUT2D eigenvalue weighted by molar-refractivity contribution is 14.1. The van der Waals surface area contributed by atoms with E-state index in [9.17, 15) is 4.79 Å². The Labute approximate surface area is 128 Å². The molecule has 5 heteroatoms. The third-order valence-corrected chi connectivity index (χ3v) is 3.52. The number of nitrogens with one attached hydrogen (secondary N) is 2. The van der Waals surface area contributed by atoms with Gasteiger partial charge in [-0.05, 0) is 47.2 Å². The molecular weight excluding hydrogens is 355 g/mol. The van der Waals surface area contributed by atoms with Gasteiger partial charge in [0.25, 0.3) is 0 Å². The van der Waals surface area contributed by atoms with Crippen molar-refractivity contribution in [2.24, 2.45) is 0 Å². The molecule has 2 N–H and O–H groups in total. The maximum absolute atomic E-state index is 11.5. The second-order valence-corrected chi connectivity index (χ2v) is 5.57. The Morgan fingerprint density at radius 3 is 2.63 bits per heavy atom. The zero-order chi connectivity index (χ0) is 14.1. The predicted octanol–water partition coefficient (Wildman–Crippen LogP) is 2.09. The van der Waals surface area contributed by atoms with E-state index in [2.05, 4.69) is 64.4 Å². The van der Waals surface area contributed by atoms with E-state index >= 15 is 0 Å². The molecule has 0 aliphatic heterocycles. The van der Waals surface area contributed by atoms with Crippen LogP contribution in [0.2, 0.25) is 0 Å². The molecule has 0 bridgehead atoms. The molecule has 0 aromatic heterocycles. The highest BCUT2D eigenvalue weighted by Crippen LogP contribution is 2.14. The topological polar surface area (TPSA) is 50.4 Å². The van der Waals surface area contributed by atoms with Gasteiger partial charge in [0.05, 0.1) is 6.61 Å². The zero-order valence-electron chi connectivity index (χ0n) is 11.4. The smallest absolute Gasteiger partial charge is 0.221 e. The number of halogens is 1. The van der Waals surface area contributed by atoms with Crippen molar-refractivity contribution in [2.45, 2.75) is 19.4 Å². The highest BCUT2D eigenvalue weighted by Gasteiger charge is 2.06. The lowest BCUT2D eigenvalue weighted by Crippen LogP contribution is -2.30. The van der Waals surface area contributed by atoms with Crippen LogP contribution in [0.25, 0.3) is 0 Å². The summed E-state index contributed by atoms with van der Waals surface area (Å²) in [6, 6.07) is 8.65. The van der Waals surface area contributed by atoms with Crippen LogP contribution in [0, 0.1) is 3.57 Å². The van der Waals surface area contributed by atoms with Crippen LogP contribution < -0.4 is 10.6 Å². The van der Waals surface area contributed by atoms with Crippen LogP contribution in [0.4, 0.5) is 0 Å². The molecule has 1 aromatic rings. The highest BCUT2D eigenvalue weighted by atomic mass is 127. The molecule has 0 aliphatic carbocycles. The number of hydrogen-bond acceptors (Lipinski definition) is 3. The summed E-state index contributed by atoms with van der Waals surface area (Å²) >= 11 is 2.29. The summed E-state index contributed by atoms with van der Waals surface area (Å²) in [6.07, 6.45) is 0.485. The van der Waals surface area contributed by atoms with Crippen LogP contribution in [0.5, 0.6) is 0 Å². The van der Waals surface area contributed by atoms with Crippen molar-refractivity contribution in [1.82, 2.24) is 10.6 Å². The zero-order valence-corrected chi connectivity index (χ0v) is 13.6. The maximum Gasteiger partial charge on any atom is 0.221 e. The first-order valence-corrected chi connectivity index (χ1v) is 7.46. The van der Waals surface area contributed by atoms with Crippen molar-refractivity contribution < 1.29 is 9.53 Å². The molecule has 1 atom stereocenters. The molecule has 0 radical (unpaired) electrons. The summed E-state index contributed by atoms with van der Waals surface area (Å²) in [4.78, 5) is 11.5. The normalized spacial score (nSPS) is 12.2. The van der Waals surface area contributed by atoms with Gasteiger partial charge in [0.1, 0.15) is 0 Å². The van der Waals surface area contributed by atoms with E-state index in [1.807, 2.05) is 0 Å². The van der Waals surface area contributed by atoms with Crippen LogP contribution in [0.15, 0.2) is 24.3 Å². The van der Waals surface area contributed by atoms with Crippen LogP contribution >= 0.6 is 22.6 Å². The fraction of sp³-hybridized carbons (Fsp3) is 0.500. The monoisotopic (exact) mass is 376 g/mol. The van der Waals surface area contributed by atoms with Gasteiger partial charge >= 0.3 is 0 Å². The summed E-state index contributed by atoms with van der Waals surface area (Å²) in [5.41, 5.74) is 1.24. The minimum absolute atomic E-state index is 0.0550. The lowest BCUT2D eigenvalue weighted by Gasteiger charge is -2.14. The van der Waals surface area contributed by atoms with E-state index in [1.54, 1.807) is 7.11 Å². The van der Waals surface area contributed by atoms with E-state index in [4.69, 9.17) is 4.74 Å². The van der Waals surface area contributed by atoms with Crippen molar-refractivity contribution in [3.63, 3.8) is 0 Å². The summed E-state index contributed by atoms with van der Waals surface area (Å²) in [6.45, 7) is 3.90. The Kier molecular flexibility index (Phi) is 8.00. The Morgan fingerprint density at radius 1 is 1.32 bits per heavy atom. The Balaban J connectivity index is 2.21. The third-order valence-electron chi connectivity index (χ3n) is 2.80. The Hall–Kier alpha value is -0.660. The maximum atomic E-state index is 11.5. The molecule has 4 nitrogen and oxygen atoms in total. The number of rotatable bonds is 8. The van der Waals surface area contributed by atoms with Crippen molar-refractivity contribution in [1.29, 1.82) is 0 Å². The Morgan fingerprint density at radius 2 is 2.00 bits per heavy atom. The minimum atomic E-state index is 0.0550. The number of carbonyl (C=O) groups excluding carboxylic acids is 1. The molecule has 0 spiro atoms. The predicted molar refractivity (Wildman–Crippen MR) is 85.1 cm³/mol. The number of methoxy groups -OCH3 is 1. The SMILES string of the molecule is COCCNC(=O)CCNC(C)c1ccc(I)cc1. The first-order valence-electron chi connectivity index (χ1n) is 6.38. The average Bonchev–Trinajstić information content (AvgIpc) is 2.39. The van der Waals surface area contributed by atoms with Crippen LogP contribution in [-0.2, 0) is 9.53 Å². The first-order chi connectivity index (χ1) is 9.13. The van der Waals surface area contributed by atoms with Crippen molar-refractivity contribution in [3.05, 3.63) is 33.4 Å². The van der Waals surface area contributed by atoms with E-state index in [-0.39, 0.29) is 11.9 Å². The van der Waals surface area contributed by atoms with Crippen LogP contribution in [-0.4, -0.2) is 32.7 Å². The lowest BCUT2D eigenvalue weighted by atomic mass is 10.1. The van der Waals surface area contributed by atoms with Gasteiger partial charge in [0.15, 0.2) is 0 Å². The standard InChI is InChI=1S/C14H21IN2O2/c1-11(12-3-5-13(15)6-4-12)16-8-7-14(18)17-9-10-19-2/h3-6,11,16H,7-10H2,1-2H3,(H,17,18). The molecule has 1 aromatic carbocycles. The molecule has 1 rings (SSSR count). The van der Waals surface area contributed by atoms with Gasteiger partial charge in [-0.3, -0.25) is 4.79 Å².